The van der Waals surface area contributed by atoms with Crippen molar-refractivity contribution in [2.75, 3.05) is 10.6 Å². The summed E-state index contributed by atoms with van der Waals surface area (Å²) < 4.78 is 7.33. The van der Waals surface area contributed by atoms with Crippen molar-refractivity contribution in [3.8, 4) is 0 Å². The van der Waals surface area contributed by atoms with Gasteiger partial charge in [0.15, 0.2) is 5.11 Å². The van der Waals surface area contributed by atoms with E-state index in [0.29, 0.717) is 17.2 Å². The van der Waals surface area contributed by atoms with Crippen LogP contribution in [0.3, 0.4) is 0 Å². The summed E-state index contributed by atoms with van der Waals surface area (Å²) in [5, 5.41) is 15.0. The summed E-state index contributed by atoms with van der Waals surface area (Å²) in [5.74, 6) is 0. The SMILES string of the molecule is Cc1nn(Cc2cccc3ccccc23)c(C)c1NC(=S)Nc1ccc2c(C)cc(=O)oc2c1. The number of aryl methyl sites for hydroxylation is 2. The van der Waals surface area contributed by atoms with Gasteiger partial charge in [-0.1, -0.05) is 42.5 Å². The summed E-state index contributed by atoms with van der Waals surface area (Å²) in [6, 6.07) is 21.8. The molecule has 0 aliphatic heterocycles. The maximum absolute atomic E-state index is 11.7. The van der Waals surface area contributed by atoms with E-state index in [1.165, 1.54) is 22.4 Å². The lowest BCUT2D eigenvalue weighted by molar-refractivity contribution is 0.560. The molecule has 0 amide bonds. The number of nitrogens with one attached hydrogen (secondary N) is 2. The third-order valence-electron chi connectivity index (χ3n) is 6.03. The molecular formula is C27H24N4O2S. The van der Waals surface area contributed by atoms with E-state index in [0.717, 1.165) is 33.7 Å². The van der Waals surface area contributed by atoms with Crippen LogP contribution >= 0.6 is 12.2 Å². The van der Waals surface area contributed by atoms with Crippen LogP contribution in [0.4, 0.5) is 11.4 Å². The lowest BCUT2D eigenvalue weighted by Crippen LogP contribution is -2.20. The zero-order valence-corrected chi connectivity index (χ0v) is 20.0. The first-order valence-electron chi connectivity index (χ1n) is 11.0. The first-order chi connectivity index (χ1) is 16.4. The Morgan fingerprint density at radius 3 is 2.62 bits per heavy atom. The van der Waals surface area contributed by atoms with Crippen molar-refractivity contribution >= 4 is 50.4 Å². The van der Waals surface area contributed by atoms with Crippen molar-refractivity contribution in [2.24, 2.45) is 0 Å². The molecule has 0 aliphatic carbocycles. The van der Waals surface area contributed by atoms with Crippen LogP contribution < -0.4 is 16.3 Å². The van der Waals surface area contributed by atoms with E-state index in [4.69, 9.17) is 21.7 Å². The van der Waals surface area contributed by atoms with Gasteiger partial charge in [-0.15, -0.1) is 0 Å². The van der Waals surface area contributed by atoms with Crippen LogP contribution in [0.2, 0.25) is 0 Å². The Bertz CT molecular complexity index is 1610. The molecule has 7 heteroatoms. The van der Waals surface area contributed by atoms with Gasteiger partial charge in [-0.05, 0) is 67.0 Å². The Morgan fingerprint density at radius 2 is 1.76 bits per heavy atom. The van der Waals surface area contributed by atoms with Crippen LogP contribution in [0.25, 0.3) is 21.7 Å². The highest BCUT2D eigenvalue weighted by molar-refractivity contribution is 7.80. The number of aromatic nitrogens is 2. The van der Waals surface area contributed by atoms with Crippen LogP contribution in [0.15, 0.2) is 75.9 Å². The monoisotopic (exact) mass is 468 g/mol. The van der Waals surface area contributed by atoms with E-state index in [1.54, 1.807) is 6.07 Å². The van der Waals surface area contributed by atoms with Crippen molar-refractivity contribution in [2.45, 2.75) is 27.3 Å². The number of anilines is 2. The minimum Gasteiger partial charge on any atom is -0.423 e. The second-order valence-electron chi connectivity index (χ2n) is 8.38. The smallest absolute Gasteiger partial charge is 0.336 e. The van der Waals surface area contributed by atoms with E-state index < -0.39 is 0 Å². The molecule has 0 aliphatic rings. The average molecular weight is 469 g/mol. The molecule has 2 aromatic heterocycles. The highest BCUT2D eigenvalue weighted by Crippen LogP contribution is 2.25. The van der Waals surface area contributed by atoms with Gasteiger partial charge in [0.05, 0.1) is 23.6 Å². The van der Waals surface area contributed by atoms with E-state index in [1.807, 2.05) is 37.6 Å². The highest BCUT2D eigenvalue weighted by Gasteiger charge is 2.14. The second kappa shape index (κ2) is 8.76. The lowest BCUT2D eigenvalue weighted by Gasteiger charge is -2.12. The van der Waals surface area contributed by atoms with Crippen LogP contribution in [0.5, 0.6) is 0 Å². The van der Waals surface area contributed by atoms with Crippen molar-refractivity contribution in [1.29, 1.82) is 0 Å². The molecule has 5 aromatic rings. The summed E-state index contributed by atoms with van der Waals surface area (Å²) in [6.07, 6.45) is 0. The molecule has 2 heterocycles. The summed E-state index contributed by atoms with van der Waals surface area (Å²) in [7, 11) is 0. The van der Waals surface area contributed by atoms with E-state index in [-0.39, 0.29) is 5.63 Å². The summed E-state index contributed by atoms with van der Waals surface area (Å²) in [6.45, 7) is 6.55. The molecule has 2 N–H and O–H groups in total. The maximum atomic E-state index is 11.7. The Morgan fingerprint density at radius 1 is 0.971 bits per heavy atom. The predicted octanol–water partition coefficient (Wildman–Crippen LogP) is 5.93. The molecule has 170 valence electrons. The summed E-state index contributed by atoms with van der Waals surface area (Å²) in [5.41, 5.74) is 5.71. The Labute approximate surface area is 202 Å². The van der Waals surface area contributed by atoms with E-state index >= 15 is 0 Å². The van der Waals surface area contributed by atoms with Gasteiger partial charge < -0.3 is 15.1 Å². The first-order valence-corrected chi connectivity index (χ1v) is 11.4. The molecule has 0 spiro atoms. The normalized spacial score (nSPS) is 11.1. The average Bonchev–Trinajstić information content (AvgIpc) is 3.06. The topological polar surface area (TPSA) is 72.1 Å². The molecule has 5 rings (SSSR count). The third-order valence-corrected chi connectivity index (χ3v) is 6.23. The maximum Gasteiger partial charge on any atom is 0.336 e. The minimum atomic E-state index is -0.368. The molecular weight excluding hydrogens is 444 g/mol. The number of hydrogen-bond donors (Lipinski definition) is 2. The zero-order chi connectivity index (χ0) is 23.8. The second-order valence-corrected chi connectivity index (χ2v) is 8.79. The summed E-state index contributed by atoms with van der Waals surface area (Å²) >= 11 is 5.56. The van der Waals surface area contributed by atoms with Crippen LogP contribution in [-0.4, -0.2) is 14.9 Å². The van der Waals surface area contributed by atoms with Gasteiger partial charge in [0.2, 0.25) is 0 Å². The highest BCUT2D eigenvalue weighted by atomic mass is 32.1. The Hall–Kier alpha value is -3.97. The molecule has 0 bridgehead atoms. The minimum absolute atomic E-state index is 0.368. The molecule has 0 saturated carbocycles. The van der Waals surface area contributed by atoms with Gasteiger partial charge in [0.25, 0.3) is 0 Å². The van der Waals surface area contributed by atoms with Gasteiger partial charge in [-0.25, -0.2) is 4.79 Å². The van der Waals surface area contributed by atoms with Crippen LogP contribution in [-0.2, 0) is 6.54 Å². The van der Waals surface area contributed by atoms with Crippen molar-refractivity contribution in [3.63, 3.8) is 0 Å². The Balaban J connectivity index is 1.36. The molecule has 0 saturated heterocycles. The fourth-order valence-electron chi connectivity index (χ4n) is 4.30. The van der Waals surface area contributed by atoms with Crippen molar-refractivity contribution in [3.05, 3.63) is 99.7 Å². The molecule has 0 radical (unpaired) electrons. The van der Waals surface area contributed by atoms with Gasteiger partial charge in [-0.2, -0.15) is 5.10 Å². The zero-order valence-electron chi connectivity index (χ0n) is 19.2. The number of nitrogens with zero attached hydrogens (tertiary/aromatic N) is 2. The lowest BCUT2D eigenvalue weighted by atomic mass is 10.0. The van der Waals surface area contributed by atoms with Gasteiger partial charge in [0, 0.05) is 23.2 Å². The van der Waals surface area contributed by atoms with E-state index in [2.05, 4.69) is 53.1 Å². The Kier molecular flexibility index (Phi) is 5.63. The molecule has 0 atom stereocenters. The van der Waals surface area contributed by atoms with Crippen molar-refractivity contribution < 1.29 is 4.42 Å². The number of thiocarbonyl (C=S) groups is 1. The fourth-order valence-corrected chi connectivity index (χ4v) is 4.52. The predicted molar refractivity (Wildman–Crippen MR) is 142 cm³/mol. The van der Waals surface area contributed by atoms with Gasteiger partial charge in [-0.3, -0.25) is 4.68 Å². The quantitative estimate of drug-likeness (QED) is 0.252. The number of benzene rings is 3. The van der Waals surface area contributed by atoms with Crippen LogP contribution in [0.1, 0.15) is 22.5 Å². The largest absolute Gasteiger partial charge is 0.423 e. The van der Waals surface area contributed by atoms with Gasteiger partial charge in [0.1, 0.15) is 5.58 Å². The number of hydrogen-bond acceptors (Lipinski definition) is 4. The molecule has 0 unspecified atom stereocenters. The van der Waals surface area contributed by atoms with Crippen LogP contribution in [0, 0.1) is 20.8 Å². The number of fused-ring (bicyclic) bond motifs is 2. The third kappa shape index (κ3) is 4.18. The van der Waals surface area contributed by atoms with E-state index in [9.17, 15) is 4.79 Å². The fraction of sp³-hybridized carbons (Fsp3) is 0.148. The molecule has 0 fully saturated rings. The van der Waals surface area contributed by atoms with Crippen molar-refractivity contribution in [1.82, 2.24) is 9.78 Å². The standard InChI is InChI=1S/C27H24N4O2S/c1-16-13-25(32)33-24-14-21(11-12-22(16)24)28-27(34)29-26-17(2)30-31(18(26)3)15-20-9-6-8-19-7-4-5-10-23(19)20/h4-14H,15H2,1-3H3,(H2,28,29,34). The molecule has 34 heavy (non-hydrogen) atoms. The molecule has 6 nitrogen and oxygen atoms in total. The number of rotatable bonds is 4. The van der Waals surface area contributed by atoms with Gasteiger partial charge >= 0.3 is 5.63 Å². The first kappa shape index (κ1) is 21.9. The summed E-state index contributed by atoms with van der Waals surface area (Å²) in [4.78, 5) is 11.7. The molecule has 3 aromatic carbocycles.